The summed E-state index contributed by atoms with van der Waals surface area (Å²) in [7, 11) is 0. The van der Waals surface area contributed by atoms with Gasteiger partial charge >= 0.3 is 0 Å². The van der Waals surface area contributed by atoms with Crippen molar-refractivity contribution in [2.45, 2.75) is 32.3 Å². The molecule has 1 atom stereocenters. The van der Waals surface area contributed by atoms with Crippen LogP contribution in [0.4, 0.5) is 0 Å². The van der Waals surface area contributed by atoms with E-state index in [9.17, 15) is 5.11 Å². The van der Waals surface area contributed by atoms with E-state index in [0.29, 0.717) is 13.2 Å². The summed E-state index contributed by atoms with van der Waals surface area (Å²) in [6.07, 6.45) is 2.17. The van der Waals surface area contributed by atoms with Crippen molar-refractivity contribution in [1.82, 2.24) is 0 Å². The van der Waals surface area contributed by atoms with E-state index in [2.05, 4.69) is 6.92 Å². The van der Waals surface area contributed by atoms with Gasteiger partial charge in [0.2, 0.25) is 0 Å². The first-order valence-corrected chi connectivity index (χ1v) is 6.26. The van der Waals surface area contributed by atoms with Crippen LogP contribution < -0.4 is 4.74 Å². The minimum atomic E-state index is -0.374. The Bertz CT molecular complexity index is 274. The Kier molecular flexibility index (Phi) is 7.43. The Morgan fingerprint density at radius 3 is 2.65 bits per heavy atom. The van der Waals surface area contributed by atoms with Gasteiger partial charge in [0.25, 0.3) is 0 Å². The van der Waals surface area contributed by atoms with Gasteiger partial charge in [-0.2, -0.15) is 0 Å². The number of hydrogen-bond acceptors (Lipinski definition) is 3. The molecule has 0 fully saturated rings. The maximum absolute atomic E-state index is 9.59. The smallest absolute Gasteiger partial charge is 0.119 e. The lowest BCUT2D eigenvalue weighted by Crippen LogP contribution is -2.16. The van der Waals surface area contributed by atoms with Crippen molar-refractivity contribution in [3.63, 3.8) is 0 Å². The molecule has 1 rings (SSSR count). The first-order chi connectivity index (χ1) is 8.33. The maximum Gasteiger partial charge on any atom is 0.119 e. The first-order valence-electron chi connectivity index (χ1n) is 6.26. The highest BCUT2D eigenvalue weighted by Crippen LogP contribution is 2.09. The summed E-state index contributed by atoms with van der Waals surface area (Å²) in [4.78, 5) is 0. The minimum Gasteiger partial charge on any atom is -0.494 e. The molecule has 0 aliphatic carbocycles. The Labute approximate surface area is 103 Å². The van der Waals surface area contributed by atoms with Crippen LogP contribution in [-0.2, 0) is 4.74 Å². The zero-order valence-corrected chi connectivity index (χ0v) is 10.5. The van der Waals surface area contributed by atoms with Gasteiger partial charge in [-0.3, -0.25) is 0 Å². The second-order valence-corrected chi connectivity index (χ2v) is 4.03. The van der Waals surface area contributed by atoms with Gasteiger partial charge in [-0.1, -0.05) is 25.1 Å². The Morgan fingerprint density at radius 1 is 1.18 bits per heavy atom. The summed E-state index contributed by atoms with van der Waals surface area (Å²) in [5, 5.41) is 9.59. The number of aliphatic hydroxyl groups excluding tert-OH is 1. The van der Waals surface area contributed by atoms with E-state index in [1.165, 1.54) is 0 Å². The molecule has 0 amide bonds. The molecule has 0 aromatic heterocycles. The molecule has 17 heavy (non-hydrogen) atoms. The molecule has 96 valence electrons. The van der Waals surface area contributed by atoms with Crippen LogP contribution in [0.25, 0.3) is 0 Å². The molecule has 1 N–H and O–H groups in total. The van der Waals surface area contributed by atoms with Gasteiger partial charge in [-0.05, 0) is 31.4 Å². The van der Waals surface area contributed by atoms with Crippen molar-refractivity contribution in [3.8, 4) is 5.75 Å². The van der Waals surface area contributed by atoms with Crippen LogP contribution in [0.5, 0.6) is 5.75 Å². The lowest BCUT2D eigenvalue weighted by molar-refractivity contribution is 0.0301. The van der Waals surface area contributed by atoms with E-state index < -0.39 is 0 Å². The van der Waals surface area contributed by atoms with Gasteiger partial charge < -0.3 is 14.6 Å². The summed E-state index contributed by atoms with van der Waals surface area (Å²) in [5.74, 6) is 0.879. The molecular formula is C14H22O3. The lowest BCUT2D eigenvalue weighted by Gasteiger charge is -2.11. The summed E-state index contributed by atoms with van der Waals surface area (Å²) >= 11 is 0. The number of benzene rings is 1. The number of para-hydroxylation sites is 1. The molecule has 0 saturated heterocycles. The van der Waals surface area contributed by atoms with Crippen LogP contribution in [0.1, 0.15) is 26.2 Å². The van der Waals surface area contributed by atoms with E-state index in [4.69, 9.17) is 9.47 Å². The number of ether oxygens (including phenoxy) is 2. The fourth-order valence-corrected chi connectivity index (χ4v) is 1.47. The highest BCUT2D eigenvalue weighted by molar-refractivity contribution is 5.20. The zero-order valence-electron chi connectivity index (χ0n) is 10.5. The quantitative estimate of drug-likeness (QED) is 0.672. The van der Waals surface area contributed by atoms with Crippen molar-refractivity contribution in [2.24, 2.45) is 0 Å². The topological polar surface area (TPSA) is 38.7 Å². The molecule has 1 aromatic rings. The summed E-state index contributed by atoms with van der Waals surface area (Å²) < 4.78 is 10.8. The van der Waals surface area contributed by atoms with Crippen molar-refractivity contribution in [2.75, 3.05) is 19.8 Å². The zero-order chi connectivity index (χ0) is 12.3. The molecule has 3 nitrogen and oxygen atoms in total. The summed E-state index contributed by atoms with van der Waals surface area (Å²) in [6, 6.07) is 9.72. The molecule has 1 aromatic carbocycles. The van der Waals surface area contributed by atoms with E-state index in [-0.39, 0.29) is 6.10 Å². The van der Waals surface area contributed by atoms with Crippen molar-refractivity contribution < 1.29 is 14.6 Å². The number of aliphatic hydroxyl groups is 1. The molecular weight excluding hydrogens is 216 g/mol. The molecule has 0 aliphatic rings. The third-order valence-corrected chi connectivity index (χ3v) is 2.35. The number of rotatable bonds is 9. The maximum atomic E-state index is 9.59. The van der Waals surface area contributed by atoms with Crippen molar-refractivity contribution in [1.29, 1.82) is 0 Å². The third-order valence-electron chi connectivity index (χ3n) is 2.35. The van der Waals surface area contributed by atoms with Crippen LogP contribution >= 0.6 is 0 Å². The fourth-order valence-electron chi connectivity index (χ4n) is 1.47. The fraction of sp³-hybridized carbons (Fsp3) is 0.571. The number of hydrogen-bond donors (Lipinski definition) is 1. The van der Waals surface area contributed by atoms with E-state index >= 15 is 0 Å². The molecule has 3 heteroatoms. The molecule has 0 radical (unpaired) electrons. The standard InChI is InChI=1S/C14H22O3/c1-2-10-16-12-13(15)7-6-11-17-14-8-4-3-5-9-14/h3-5,8-9,13,15H,2,6-7,10-12H2,1H3. The van der Waals surface area contributed by atoms with Gasteiger partial charge in [0, 0.05) is 6.61 Å². The molecule has 0 bridgehead atoms. The average Bonchev–Trinajstić information content (AvgIpc) is 2.36. The summed E-state index contributed by atoms with van der Waals surface area (Å²) in [5.41, 5.74) is 0. The van der Waals surface area contributed by atoms with Gasteiger partial charge in [0.15, 0.2) is 0 Å². The SMILES string of the molecule is CCCOCC(O)CCCOc1ccccc1. The Morgan fingerprint density at radius 2 is 1.94 bits per heavy atom. The van der Waals surface area contributed by atoms with Gasteiger partial charge in [-0.25, -0.2) is 0 Å². The third kappa shape index (κ3) is 6.97. The van der Waals surface area contributed by atoms with Crippen LogP contribution in [0.3, 0.4) is 0 Å². The summed E-state index contributed by atoms with van der Waals surface area (Å²) in [6.45, 7) is 3.84. The highest BCUT2D eigenvalue weighted by atomic mass is 16.5. The van der Waals surface area contributed by atoms with E-state index in [0.717, 1.165) is 31.6 Å². The van der Waals surface area contributed by atoms with Crippen molar-refractivity contribution >= 4 is 0 Å². The van der Waals surface area contributed by atoms with E-state index in [1.54, 1.807) is 0 Å². The molecule has 0 spiro atoms. The van der Waals surface area contributed by atoms with Crippen LogP contribution in [-0.4, -0.2) is 31.0 Å². The molecule has 0 heterocycles. The molecule has 0 aliphatic heterocycles. The lowest BCUT2D eigenvalue weighted by atomic mass is 10.2. The Balaban J connectivity index is 2.00. The van der Waals surface area contributed by atoms with Gasteiger partial charge in [0.05, 0.1) is 19.3 Å². The average molecular weight is 238 g/mol. The van der Waals surface area contributed by atoms with Gasteiger partial charge in [0.1, 0.15) is 5.75 Å². The Hall–Kier alpha value is -1.06. The first kappa shape index (κ1) is 14.0. The van der Waals surface area contributed by atoms with Crippen molar-refractivity contribution in [3.05, 3.63) is 30.3 Å². The van der Waals surface area contributed by atoms with Crippen LogP contribution in [0.2, 0.25) is 0 Å². The molecule has 1 unspecified atom stereocenters. The monoisotopic (exact) mass is 238 g/mol. The second-order valence-electron chi connectivity index (χ2n) is 4.03. The normalized spacial score (nSPS) is 12.4. The molecule has 0 saturated carbocycles. The van der Waals surface area contributed by atoms with E-state index in [1.807, 2.05) is 30.3 Å². The second kappa shape index (κ2) is 9.02. The van der Waals surface area contributed by atoms with Crippen LogP contribution in [0, 0.1) is 0 Å². The highest BCUT2D eigenvalue weighted by Gasteiger charge is 2.03. The largest absolute Gasteiger partial charge is 0.494 e. The predicted octanol–water partition coefficient (Wildman–Crippen LogP) is 2.63. The predicted molar refractivity (Wildman–Crippen MR) is 68.3 cm³/mol. The van der Waals surface area contributed by atoms with Gasteiger partial charge in [-0.15, -0.1) is 0 Å². The minimum absolute atomic E-state index is 0.374. The van der Waals surface area contributed by atoms with Crippen LogP contribution in [0.15, 0.2) is 30.3 Å².